The number of aryl methyl sites for hydroxylation is 1. The number of carboxylic acid groups (broad SMARTS) is 1. The Balaban J connectivity index is 3.62. The maximum Gasteiger partial charge on any atom is 0.358 e. The summed E-state index contributed by atoms with van der Waals surface area (Å²) in [4.78, 5) is 16.9. The van der Waals surface area contributed by atoms with Crippen molar-refractivity contribution in [1.29, 1.82) is 0 Å². The Morgan fingerprint density at radius 2 is 2.13 bits per heavy atom. The van der Waals surface area contributed by atoms with E-state index in [9.17, 15) is 9.90 Å². The van der Waals surface area contributed by atoms with Crippen molar-refractivity contribution in [3.05, 3.63) is 27.4 Å². The van der Waals surface area contributed by atoms with Gasteiger partial charge in [0.05, 0.1) is 5.69 Å². The van der Waals surface area contributed by atoms with E-state index >= 15 is 0 Å². The number of azide groups is 1. The van der Waals surface area contributed by atoms with Crippen LogP contribution in [0.1, 0.15) is 21.7 Å². The number of carbonyl (C=O) groups is 1. The number of pyridine rings is 1. The van der Waals surface area contributed by atoms with Gasteiger partial charge in [-0.3, -0.25) is 0 Å². The molecular weight excluding hydrogens is 200 g/mol. The molecule has 2 N–H and O–H groups in total. The van der Waals surface area contributed by atoms with E-state index in [0.29, 0.717) is 11.3 Å². The molecule has 1 rings (SSSR count). The van der Waals surface area contributed by atoms with E-state index in [-0.39, 0.29) is 5.69 Å². The molecule has 0 spiro atoms. The Morgan fingerprint density at radius 1 is 1.53 bits per heavy atom. The lowest BCUT2D eigenvalue weighted by Gasteiger charge is -2.07. The zero-order chi connectivity index (χ0) is 11.6. The maximum atomic E-state index is 10.7. The topological polar surface area (TPSA) is 119 Å². The van der Waals surface area contributed by atoms with Crippen LogP contribution in [-0.4, -0.2) is 21.2 Å². The van der Waals surface area contributed by atoms with Crippen molar-refractivity contribution in [3.63, 3.8) is 0 Å². The van der Waals surface area contributed by atoms with Crippen LogP contribution in [-0.2, 0) is 0 Å². The van der Waals surface area contributed by atoms with Gasteiger partial charge >= 0.3 is 5.97 Å². The fourth-order valence-corrected chi connectivity index (χ4v) is 1.08. The molecule has 0 aliphatic heterocycles. The minimum absolute atomic E-state index is 0.0950. The number of aromatic carboxylic acids is 1. The smallest absolute Gasteiger partial charge is 0.358 e. The van der Waals surface area contributed by atoms with Crippen LogP contribution < -0.4 is 0 Å². The second-order valence-corrected chi connectivity index (χ2v) is 2.86. The Labute approximate surface area is 84.6 Å². The first-order chi connectivity index (χ1) is 6.99. The second kappa shape index (κ2) is 3.85. The van der Waals surface area contributed by atoms with Crippen LogP contribution in [0.5, 0.6) is 5.75 Å². The van der Waals surface area contributed by atoms with Gasteiger partial charge in [-0.25, -0.2) is 9.78 Å². The number of hydrogen-bond donors (Lipinski definition) is 2. The molecule has 0 aromatic carbocycles. The van der Waals surface area contributed by atoms with Gasteiger partial charge in [-0.2, -0.15) is 0 Å². The largest absolute Gasteiger partial charge is 0.505 e. The third kappa shape index (κ3) is 1.82. The third-order valence-electron chi connectivity index (χ3n) is 1.97. The van der Waals surface area contributed by atoms with Gasteiger partial charge < -0.3 is 10.2 Å². The summed E-state index contributed by atoms with van der Waals surface area (Å²) in [7, 11) is 0. The summed E-state index contributed by atoms with van der Waals surface area (Å²) in [6.45, 7) is 3.15. The lowest BCUT2D eigenvalue weighted by atomic mass is 10.1. The molecule has 78 valence electrons. The predicted molar refractivity (Wildman–Crippen MR) is 51.1 cm³/mol. The fourth-order valence-electron chi connectivity index (χ4n) is 1.08. The van der Waals surface area contributed by atoms with Crippen molar-refractivity contribution in [2.75, 3.05) is 0 Å². The molecule has 0 saturated heterocycles. The van der Waals surface area contributed by atoms with Crippen LogP contribution in [0.2, 0.25) is 0 Å². The number of hydrogen-bond acceptors (Lipinski definition) is 4. The normalized spacial score (nSPS) is 9.47. The van der Waals surface area contributed by atoms with Crippen molar-refractivity contribution in [3.8, 4) is 5.75 Å². The summed E-state index contributed by atoms with van der Waals surface area (Å²) < 4.78 is 0. The van der Waals surface area contributed by atoms with E-state index in [0.717, 1.165) is 0 Å². The minimum Gasteiger partial charge on any atom is -0.505 e. The van der Waals surface area contributed by atoms with Gasteiger partial charge in [0.1, 0.15) is 0 Å². The van der Waals surface area contributed by atoms with Gasteiger partial charge in [-0.1, -0.05) is 5.11 Å². The number of aromatic nitrogens is 1. The quantitative estimate of drug-likeness (QED) is 0.439. The van der Waals surface area contributed by atoms with Gasteiger partial charge in [-0.15, -0.1) is 0 Å². The molecule has 15 heavy (non-hydrogen) atoms. The van der Waals surface area contributed by atoms with E-state index < -0.39 is 17.4 Å². The summed E-state index contributed by atoms with van der Waals surface area (Å²) in [5, 5.41) is 21.4. The van der Waals surface area contributed by atoms with Crippen molar-refractivity contribution < 1.29 is 15.0 Å². The van der Waals surface area contributed by atoms with Crippen molar-refractivity contribution in [2.24, 2.45) is 5.11 Å². The highest BCUT2D eigenvalue weighted by molar-refractivity contribution is 5.91. The molecule has 0 radical (unpaired) electrons. The lowest BCUT2D eigenvalue weighted by Crippen LogP contribution is -2.03. The van der Waals surface area contributed by atoms with Crippen molar-refractivity contribution in [2.45, 2.75) is 13.8 Å². The van der Waals surface area contributed by atoms with E-state index in [2.05, 4.69) is 15.0 Å². The van der Waals surface area contributed by atoms with Crippen molar-refractivity contribution >= 4 is 11.7 Å². The highest BCUT2D eigenvalue weighted by atomic mass is 16.4. The molecule has 0 aliphatic rings. The van der Waals surface area contributed by atoms with Crippen LogP contribution in [0.4, 0.5) is 5.69 Å². The highest BCUT2D eigenvalue weighted by Crippen LogP contribution is 2.34. The Hall–Kier alpha value is -2.27. The Bertz CT molecular complexity index is 477. The fraction of sp³-hybridized carbons (Fsp3) is 0.250. The average Bonchev–Trinajstić information content (AvgIpc) is 2.18. The molecule has 0 fully saturated rings. The lowest BCUT2D eigenvalue weighted by molar-refractivity contribution is 0.0687. The standard InChI is InChI=1S/C8H8N4O3/c1-3-4(2)10-6(8(14)15)7(13)5(3)11-12-9/h13H,1-2H3,(H,14,15). The first-order valence-electron chi connectivity index (χ1n) is 3.97. The zero-order valence-corrected chi connectivity index (χ0v) is 8.09. The molecule has 0 atom stereocenters. The van der Waals surface area contributed by atoms with Crippen LogP contribution >= 0.6 is 0 Å². The zero-order valence-electron chi connectivity index (χ0n) is 8.09. The van der Waals surface area contributed by atoms with Gasteiger partial charge in [0, 0.05) is 10.6 Å². The summed E-state index contributed by atoms with van der Waals surface area (Å²) in [6.07, 6.45) is 0. The van der Waals surface area contributed by atoms with Gasteiger partial charge in [0.2, 0.25) is 0 Å². The molecule has 1 aromatic heterocycles. The molecule has 0 amide bonds. The molecule has 0 unspecified atom stereocenters. The maximum absolute atomic E-state index is 10.7. The Morgan fingerprint density at radius 3 is 2.60 bits per heavy atom. The molecule has 1 aromatic rings. The summed E-state index contributed by atoms with van der Waals surface area (Å²) >= 11 is 0. The average molecular weight is 208 g/mol. The predicted octanol–water partition coefficient (Wildman–Crippen LogP) is 2.04. The number of rotatable bonds is 2. The molecule has 7 heteroatoms. The summed E-state index contributed by atoms with van der Waals surface area (Å²) in [6, 6.07) is 0. The van der Waals surface area contributed by atoms with Gasteiger partial charge in [-0.05, 0) is 24.9 Å². The molecule has 0 aliphatic carbocycles. The molecule has 1 heterocycles. The van der Waals surface area contributed by atoms with Crippen LogP contribution in [0.15, 0.2) is 5.11 Å². The Kier molecular flexibility index (Phi) is 2.77. The van der Waals surface area contributed by atoms with Crippen LogP contribution in [0.25, 0.3) is 10.4 Å². The minimum atomic E-state index is -1.37. The van der Waals surface area contributed by atoms with Crippen LogP contribution in [0.3, 0.4) is 0 Å². The molecule has 0 bridgehead atoms. The monoisotopic (exact) mass is 208 g/mol. The van der Waals surface area contributed by atoms with E-state index in [1.165, 1.54) is 0 Å². The molecular formula is C8H8N4O3. The third-order valence-corrected chi connectivity index (χ3v) is 1.97. The van der Waals surface area contributed by atoms with E-state index in [1.807, 2.05) is 0 Å². The van der Waals surface area contributed by atoms with Crippen LogP contribution in [0, 0.1) is 13.8 Å². The van der Waals surface area contributed by atoms with E-state index in [4.69, 9.17) is 10.6 Å². The van der Waals surface area contributed by atoms with Gasteiger partial charge in [0.25, 0.3) is 0 Å². The molecule has 0 saturated carbocycles. The molecule has 7 nitrogen and oxygen atoms in total. The first-order valence-corrected chi connectivity index (χ1v) is 3.97. The first kappa shape index (κ1) is 10.8. The summed E-state index contributed by atoms with van der Waals surface area (Å²) in [5.41, 5.74) is 8.51. The number of aromatic hydroxyl groups is 1. The van der Waals surface area contributed by atoms with E-state index in [1.54, 1.807) is 13.8 Å². The summed E-state index contributed by atoms with van der Waals surface area (Å²) in [5.74, 6) is -1.98. The van der Waals surface area contributed by atoms with Crippen molar-refractivity contribution in [1.82, 2.24) is 4.98 Å². The number of carboxylic acids is 1. The number of nitrogens with zero attached hydrogens (tertiary/aromatic N) is 4. The highest BCUT2D eigenvalue weighted by Gasteiger charge is 2.18. The second-order valence-electron chi connectivity index (χ2n) is 2.86. The van der Waals surface area contributed by atoms with Gasteiger partial charge in [0.15, 0.2) is 11.4 Å². The SMILES string of the molecule is Cc1nc(C(=O)O)c(O)c(N=[N+]=[N-])c1C.